The molecule has 0 bridgehead atoms. The lowest BCUT2D eigenvalue weighted by Gasteiger charge is -2.35. The fraction of sp³-hybridized carbons (Fsp3) is 0.0943. The fourth-order valence-corrected chi connectivity index (χ4v) is 9.55. The zero-order valence-electron chi connectivity index (χ0n) is 30.9. The van der Waals surface area contributed by atoms with Crippen LogP contribution in [-0.2, 0) is 10.8 Å². The summed E-state index contributed by atoms with van der Waals surface area (Å²) >= 11 is 0. The molecule has 0 aliphatic heterocycles. The SMILES string of the molecule is Cc1cc(-c2ccccc2)ccc1N(c1ccc2c(c1)C(C)(C)c1ccccc1-2)c1ccc2c(c1)C(c1ccccc1)(c1ccccc1)c1ccccc1-2. The molecular formula is C53H41N. The molecule has 258 valence electrons. The fourth-order valence-electron chi connectivity index (χ4n) is 9.55. The van der Waals surface area contributed by atoms with Crippen LogP contribution in [0.1, 0.15) is 52.8 Å². The number of benzene rings is 8. The quantitative estimate of drug-likeness (QED) is 0.168. The predicted octanol–water partition coefficient (Wildman–Crippen LogP) is 13.8. The molecule has 2 aliphatic carbocycles. The molecule has 8 aromatic carbocycles. The number of anilines is 3. The summed E-state index contributed by atoms with van der Waals surface area (Å²) in [4.78, 5) is 2.49. The Labute approximate surface area is 318 Å². The van der Waals surface area contributed by atoms with Crippen LogP contribution in [0.5, 0.6) is 0 Å². The van der Waals surface area contributed by atoms with Gasteiger partial charge in [0.25, 0.3) is 0 Å². The molecule has 0 heterocycles. The number of aryl methyl sites for hydroxylation is 1. The van der Waals surface area contributed by atoms with E-state index in [2.05, 4.69) is 220 Å². The van der Waals surface area contributed by atoms with Gasteiger partial charge in [-0.1, -0.05) is 172 Å². The summed E-state index contributed by atoms with van der Waals surface area (Å²) in [6.07, 6.45) is 0. The Hall–Kier alpha value is -6.44. The van der Waals surface area contributed by atoms with Crippen LogP contribution in [0.2, 0.25) is 0 Å². The van der Waals surface area contributed by atoms with Crippen molar-refractivity contribution in [2.75, 3.05) is 4.90 Å². The third-order valence-electron chi connectivity index (χ3n) is 12.1. The van der Waals surface area contributed by atoms with Crippen molar-refractivity contribution in [2.24, 2.45) is 0 Å². The molecule has 0 spiro atoms. The van der Waals surface area contributed by atoms with Crippen LogP contribution >= 0.6 is 0 Å². The first kappa shape index (κ1) is 32.2. The highest BCUT2D eigenvalue weighted by Crippen LogP contribution is 2.58. The van der Waals surface area contributed by atoms with Gasteiger partial charge in [-0.3, -0.25) is 0 Å². The second kappa shape index (κ2) is 12.3. The van der Waals surface area contributed by atoms with Crippen LogP contribution < -0.4 is 4.90 Å². The monoisotopic (exact) mass is 691 g/mol. The normalized spacial score (nSPS) is 14.1. The molecule has 2 aliphatic rings. The maximum atomic E-state index is 2.49. The molecule has 0 fully saturated rings. The van der Waals surface area contributed by atoms with E-state index >= 15 is 0 Å². The first-order chi connectivity index (χ1) is 26.5. The van der Waals surface area contributed by atoms with Crippen LogP contribution in [-0.4, -0.2) is 0 Å². The van der Waals surface area contributed by atoms with Gasteiger partial charge in [0.2, 0.25) is 0 Å². The van der Waals surface area contributed by atoms with Crippen molar-refractivity contribution in [2.45, 2.75) is 31.6 Å². The van der Waals surface area contributed by atoms with Crippen molar-refractivity contribution in [1.82, 2.24) is 0 Å². The summed E-state index contributed by atoms with van der Waals surface area (Å²) in [6, 6.07) is 72.0. The zero-order chi connectivity index (χ0) is 36.4. The average molecular weight is 692 g/mol. The number of hydrogen-bond donors (Lipinski definition) is 0. The van der Waals surface area contributed by atoms with Gasteiger partial charge in [0, 0.05) is 22.5 Å². The minimum atomic E-state index is -0.482. The summed E-state index contributed by atoms with van der Waals surface area (Å²) in [7, 11) is 0. The molecule has 0 aromatic heterocycles. The highest BCUT2D eigenvalue weighted by molar-refractivity contribution is 5.91. The van der Waals surface area contributed by atoms with Crippen molar-refractivity contribution in [3.05, 3.63) is 233 Å². The number of hydrogen-bond acceptors (Lipinski definition) is 1. The number of rotatable bonds is 6. The smallest absolute Gasteiger partial charge is 0.0714 e. The van der Waals surface area contributed by atoms with Crippen molar-refractivity contribution < 1.29 is 0 Å². The first-order valence-corrected chi connectivity index (χ1v) is 19.0. The van der Waals surface area contributed by atoms with Crippen molar-refractivity contribution in [3.8, 4) is 33.4 Å². The molecule has 1 nitrogen and oxygen atoms in total. The van der Waals surface area contributed by atoms with Crippen LogP contribution in [0.4, 0.5) is 17.1 Å². The van der Waals surface area contributed by atoms with Gasteiger partial charge in [-0.15, -0.1) is 0 Å². The summed E-state index contributed by atoms with van der Waals surface area (Å²) in [5, 5.41) is 0. The predicted molar refractivity (Wildman–Crippen MR) is 226 cm³/mol. The molecule has 1 heteroatoms. The molecule has 54 heavy (non-hydrogen) atoms. The first-order valence-electron chi connectivity index (χ1n) is 19.0. The van der Waals surface area contributed by atoms with Gasteiger partial charge in [0.05, 0.1) is 5.41 Å². The maximum Gasteiger partial charge on any atom is 0.0714 e. The van der Waals surface area contributed by atoms with Crippen LogP contribution in [0.3, 0.4) is 0 Å². The van der Waals surface area contributed by atoms with Gasteiger partial charge >= 0.3 is 0 Å². The lowest BCUT2D eigenvalue weighted by atomic mass is 9.67. The topological polar surface area (TPSA) is 3.24 Å². The van der Waals surface area contributed by atoms with Gasteiger partial charge in [0.15, 0.2) is 0 Å². The van der Waals surface area contributed by atoms with Gasteiger partial charge < -0.3 is 4.90 Å². The molecule has 10 rings (SSSR count). The Morgan fingerprint density at radius 2 is 0.852 bits per heavy atom. The van der Waals surface area contributed by atoms with E-state index in [9.17, 15) is 0 Å². The van der Waals surface area contributed by atoms with Crippen LogP contribution in [0, 0.1) is 6.92 Å². The average Bonchev–Trinajstić information content (AvgIpc) is 3.65. The van der Waals surface area contributed by atoms with E-state index in [0.29, 0.717) is 0 Å². The maximum absolute atomic E-state index is 2.49. The molecule has 0 saturated carbocycles. The van der Waals surface area contributed by atoms with Crippen LogP contribution in [0.15, 0.2) is 194 Å². The van der Waals surface area contributed by atoms with Gasteiger partial charge in [-0.05, 0) is 116 Å². The molecule has 0 saturated heterocycles. The molecule has 0 atom stereocenters. The van der Waals surface area contributed by atoms with E-state index in [4.69, 9.17) is 0 Å². The van der Waals surface area contributed by atoms with E-state index in [1.807, 2.05) is 0 Å². The van der Waals surface area contributed by atoms with E-state index in [1.54, 1.807) is 0 Å². The lowest BCUT2D eigenvalue weighted by molar-refractivity contribution is 0.660. The Morgan fingerprint density at radius 3 is 1.46 bits per heavy atom. The Morgan fingerprint density at radius 1 is 0.370 bits per heavy atom. The summed E-state index contributed by atoms with van der Waals surface area (Å²) in [5.74, 6) is 0. The standard InChI is InChI=1S/C53H41N/c1-36-33-38(37-17-7-4-8-18-37)27-32-51(36)54(41-28-30-45-43-23-13-15-25-47(43)52(2,3)49(45)34-41)42-29-31-46-44-24-14-16-26-48(44)53(50(46)35-42,39-19-9-5-10-20-39)40-21-11-6-12-22-40/h4-35H,1-3H3. The summed E-state index contributed by atoms with van der Waals surface area (Å²) < 4.78 is 0. The van der Waals surface area contributed by atoms with Gasteiger partial charge in [-0.2, -0.15) is 0 Å². The van der Waals surface area contributed by atoms with Crippen molar-refractivity contribution in [1.29, 1.82) is 0 Å². The molecule has 0 N–H and O–H groups in total. The molecule has 0 radical (unpaired) electrons. The van der Waals surface area contributed by atoms with Crippen molar-refractivity contribution in [3.63, 3.8) is 0 Å². The minimum Gasteiger partial charge on any atom is -0.310 e. The number of fused-ring (bicyclic) bond motifs is 6. The van der Waals surface area contributed by atoms with Gasteiger partial charge in [-0.25, -0.2) is 0 Å². The van der Waals surface area contributed by atoms with Gasteiger partial charge in [0.1, 0.15) is 0 Å². The summed E-state index contributed by atoms with van der Waals surface area (Å²) in [5.41, 5.74) is 19.7. The highest BCUT2D eigenvalue weighted by Gasteiger charge is 2.46. The molecule has 8 aromatic rings. The van der Waals surface area contributed by atoms with Crippen molar-refractivity contribution >= 4 is 17.1 Å². The molecule has 0 amide bonds. The molecular weight excluding hydrogens is 651 g/mol. The van der Waals surface area contributed by atoms with E-state index in [0.717, 1.165) is 11.4 Å². The van der Waals surface area contributed by atoms with E-state index < -0.39 is 5.41 Å². The van der Waals surface area contributed by atoms with E-state index in [1.165, 1.54) is 78.0 Å². The van der Waals surface area contributed by atoms with E-state index in [-0.39, 0.29) is 5.41 Å². The minimum absolute atomic E-state index is 0.116. The highest BCUT2D eigenvalue weighted by atomic mass is 15.1. The second-order valence-corrected chi connectivity index (χ2v) is 15.4. The third-order valence-corrected chi connectivity index (χ3v) is 12.1. The van der Waals surface area contributed by atoms with Crippen LogP contribution in [0.25, 0.3) is 33.4 Å². The second-order valence-electron chi connectivity index (χ2n) is 15.4. The number of nitrogens with zero attached hydrogens (tertiary/aromatic N) is 1. The lowest BCUT2D eigenvalue weighted by Crippen LogP contribution is -2.28. The summed E-state index contributed by atoms with van der Waals surface area (Å²) in [6.45, 7) is 6.99. The Balaban J connectivity index is 1.23. The Bertz CT molecular complexity index is 2650. The third kappa shape index (κ3) is 4.71. The largest absolute Gasteiger partial charge is 0.310 e. The zero-order valence-corrected chi connectivity index (χ0v) is 30.9. The Kier molecular flexibility index (Phi) is 7.35. The molecule has 0 unspecified atom stereocenters.